The molecule has 0 radical (unpaired) electrons. The molecule has 1 rings (SSSR count). The van der Waals surface area contributed by atoms with Gasteiger partial charge in [-0.2, -0.15) is 0 Å². The zero-order chi connectivity index (χ0) is 14.4. The standard InChI is InChI=1S/C13H16FNO4/c1-4-19-11-6-5-9(7-10(11)14)15(2)12(16)8-13(17)18-3/h5-7H,4,8H2,1-3H3. The van der Waals surface area contributed by atoms with Crippen molar-refractivity contribution in [2.75, 3.05) is 25.7 Å². The Bertz CT molecular complexity index is 476. The number of anilines is 1. The number of rotatable bonds is 5. The Morgan fingerprint density at radius 1 is 1.37 bits per heavy atom. The van der Waals surface area contributed by atoms with Crippen LogP contribution in [0.15, 0.2) is 18.2 Å². The van der Waals surface area contributed by atoms with Gasteiger partial charge in [0.2, 0.25) is 5.91 Å². The van der Waals surface area contributed by atoms with Gasteiger partial charge in [-0.3, -0.25) is 9.59 Å². The second-order valence-electron chi connectivity index (χ2n) is 3.75. The Balaban J connectivity index is 2.82. The van der Waals surface area contributed by atoms with Gasteiger partial charge in [-0.25, -0.2) is 4.39 Å². The van der Waals surface area contributed by atoms with Gasteiger partial charge in [0.1, 0.15) is 6.42 Å². The number of carbonyl (C=O) groups excluding carboxylic acids is 2. The molecular weight excluding hydrogens is 253 g/mol. The molecule has 0 aromatic heterocycles. The molecule has 104 valence electrons. The Hall–Kier alpha value is -2.11. The summed E-state index contributed by atoms with van der Waals surface area (Å²) in [6, 6.07) is 4.17. The Morgan fingerprint density at radius 2 is 2.05 bits per heavy atom. The highest BCUT2D eigenvalue weighted by molar-refractivity contribution is 6.03. The minimum absolute atomic E-state index is 0.125. The second-order valence-corrected chi connectivity index (χ2v) is 3.75. The lowest BCUT2D eigenvalue weighted by Crippen LogP contribution is -2.28. The summed E-state index contributed by atoms with van der Waals surface area (Å²) in [6.45, 7) is 2.10. The van der Waals surface area contributed by atoms with E-state index in [0.717, 1.165) is 0 Å². The van der Waals surface area contributed by atoms with Crippen LogP contribution < -0.4 is 9.64 Å². The van der Waals surface area contributed by atoms with E-state index in [9.17, 15) is 14.0 Å². The van der Waals surface area contributed by atoms with Crippen molar-refractivity contribution in [1.82, 2.24) is 0 Å². The summed E-state index contributed by atoms with van der Waals surface area (Å²) >= 11 is 0. The number of nitrogens with zero attached hydrogens (tertiary/aromatic N) is 1. The number of carbonyl (C=O) groups is 2. The smallest absolute Gasteiger partial charge is 0.315 e. The number of methoxy groups -OCH3 is 1. The van der Waals surface area contributed by atoms with Crippen molar-refractivity contribution in [2.24, 2.45) is 0 Å². The van der Waals surface area contributed by atoms with E-state index in [4.69, 9.17) is 4.74 Å². The summed E-state index contributed by atoms with van der Waals surface area (Å²) in [6.07, 6.45) is -0.387. The highest BCUT2D eigenvalue weighted by Crippen LogP contribution is 2.23. The summed E-state index contributed by atoms with van der Waals surface area (Å²) in [5.41, 5.74) is 0.342. The first-order chi connectivity index (χ1) is 8.99. The number of benzene rings is 1. The Morgan fingerprint density at radius 3 is 2.58 bits per heavy atom. The molecule has 0 heterocycles. The summed E-state index contributed by atoms with van der Waals surface area (Å²) in [4.78, 5) is 23.9. The maximum atomic E-state index is 13.6. The van der Waals surface area contributed by atoms with Gasteiger partial charge in [0.25, 0.3) is 0 Å². The third kappa shape index (κ3) is 3.94. The van der Waals surface area contributed by atoms with Gasteiger partial charge in [-0.05, 0) is 19.1 Å². The average Bonchev–Trinajstić information content (AvgIpc) is 2.40. The zero-order valence-corrected chi connectivity index (χ0v) is 11.1. The lowest BCUT2D eigenvalue weighted by Gasteiger charge is -2.17. The fraction of sp³-hybridized carbons (Fsp3) is 0.385. The third-order valence-electron chi connectivity index (χ3n) is 2.50. The monoisotopic (exact) mass is 269 g/mol. The maximum Gasteiger partial charge on any atom is 0.315 e. The van der Waals surface area contributed by atoms with E-state index in [1.807, 2.05) is 0 Å². The number of esters is 1. The molecule has 0 aliphatic rings. The molecule has 0 aliphatic heterocycles. The van der Waals surface area contributed by atoms with Crippen molar-refractivity contribution >= 4 is 17.6 Å². The highest BCUT2D eigenvalue weighted by atomic mass is 19.1. The van der Waals surface area contributed by atoms with Gasteiger partial charge < -0.3 is 14.4 Å². The van der Waals surface area contributed by atoms with Crippen LogP contribution in [0.2, 0.25) is 0 Å². The molecule has 6 heteroatoms. The van der Waals surface area contributed by atoms with E-state index in [0.29, 0.717) is 12.3 Å². The SMILES string of the molecule is CCOc1ccc(N(C)C(=O)CC(=O)OC)cc1F. The topological polar surface area (TPSA) is 55.8 Å². The van der Waals surface area contributed by atoms with Crippen LogP contribution in [0.1, 0.15) is 13.3 Å². The fourth-order valence-corrected chi connectivity index (χ4v) is 1.43. The molecule has 0 aliphatic carbocycles. The van der Waals surface area contributed by atoms with Crippen molar-refractivity contribution in [3.8, 4) is 5.75 Å². The lowest BCUT2D eigenvalue weighted by atomic mass is 10.2. The third-order valence-corrected chi connectivity index (χ3v) is 2.50. The minimum Gasteiger partial charge on any atom is -0.491 e. The van der Waals surface area contributed by atoms with Crippen molar-refractivity contribution < 1.29 is 23.5 Å². The van der Waals surface area contributed by atoms with Gasteiger partial charge in [-0.15, -0.1) is 0 Å². The van der Waals surface area contributed by atoms with Crippen molar-refractivity contribution in [2.45, 2.75) is 13.3 Å². The molecule has 1 aromatic rings. The van der Waals surface area contributed by atoms with Crippen molar-refractivity contribution in [1.29, 1.82) is 0 Å². The van der Waals surface area contributed by atoms with E-state index in [2.05, 4.69) is 4.74 Å². The first-order valence-corrected chi connectivity index (χ1v) is 5.75. The van der Waals surface area contributed by atoms with Gasteiger partial charge >= 0.3 is 5.97 Å². The number of amides is 1. The van der Waals surface area contributed by atoms with Gasteiger partial charge in [0.15, 0.2) is 11.6 Å². The highest BCUT2D eigenvalue weighted by Gasteiger charge is 2.17. The molecule has 5 nitrogen and oxygen atoms in total. The molecule has 0 N–H and O–H groups in total. The molecule has 0 bridgehead atoms. The fourth-order valence-electron chi connectivity index (χ4n) is 1.43. The second kappa shape index (κ2) is 6.72. The number of hydrogen-bond donors (Lipinski definition) is 0. The van der Waals surface area contributed by atoms with E-state index in [1.54, 1.807) is 13.0 Å². The first kappa shape index (κ1) is 14.9. The van der Waals surface area contributed by atoms with E-state index >= 15 is 0 Å². The predicted molar refractivity (Wildman–Crippen MR) is 67.6 cm³/mol. The number of hydrogen-bond acceptors (Lipinski definition) is 4. The quantitative estimate of drug-likeness (QED) is 0.603. The molecule has 1 amide bonds. The van der Waals surface area contributed by atoms with Crippen LogP contribution in [0.25, 0.3) is 0 Å². The van der Waals surface area contributed by atoms with Gasteiger partial charge in [-0.1, -0.05) is 0 Å². The van der Waals surface area contributed by atoms with E-state index in [-0.39, 0.29) is 12.2 Å². The normalized spacial score (nSPS) is 9.89. The predicted octanol–water partition coefficient (Wildman–Crippen LogP) is 1.75. The van der Waals surface area contributed by atoms with Gasteiger partial charge in [0, 0.05) is 18.8 Å². The summed E-state index contributed by atoms with van der Waals surface area (Å²) in [5, 5.41) is 0. The molecule has 0 saturated carbocycles. The molecule has 0 spiro atoms. The van der Waals surface area contributed by atoms with Crippen LogP contribution in [-0.2, 0) is 14.3 Å². The maximum absolute atomic E-state index is 13.6. The zero-order valence-electron chi connectivity index (χ0n) is 11.1. The number of halogens is 1. The molecule has 1 aromatic carbocycles. The van der Waals surface area contributed by atoms with Crippen molar-refractivity contribution in [3.63, 3.8) is 0 Å². The van der Waals surface area contributed by atoms with Gasteiger partial charge in [0.05, 0.1) is 13.7 Å². The van der Waals surface area contributed by atoms with Crippen LogP contribution in [0.4, 0.5) is 10.1 Å². The van der Waals surface area contributed by atoms with Crippen LogP contribution in [0, 0.1) is 5.82 Å². The Kier molecular flexibility index (Phi) is 5.29. The Labute approximate surface area is 110 Å². The van der Waals surface area contributed by atoms with Crippen LogP contribution >= 0.6 is 0 Å². The first-order valence-electron chi connectivity index (χ1n) is 5.75. The molecule has 0 saturated heterocycles. The van der Waals surface area contributed by atoms with Crippen LogP contribution in [0.3, 0.4) is 0 Å². The molecule has 0 atom stereocenters. The largest absolute Gasteiger partial charge is 0.491 e. The van der Waals surface area contributed by atoms with E-state index in [1.165, 1.54) is 31.2 Å². The van der Waals surface area contributed by atoms with Crippen LogP contribution in [0.5, 0.6) is 5.75 Å². The molecular formula is C13H16FNO4. The average molecular weight is 269 g/mol. The van der Waals surface area contributed by atoms with E-state index < -0.39 is 17.7 Å². The molecule has 19 heavy (non-hydrogen) atoms. The molecule has 0 fully saturated rings. The molecule has 0 unspecified atom stereocenters. The van der Waals surface area contributed by atoms with Crippen molar-refractivity contribution in [3.05, 3.63) is 24.0 Å². The number of ether oxygens (including phenoxy) is 2. The minimum atomic E-state index is -0.636. The summed E-state index contributed by atoms with van der Waals surface area (Å²) < 4.78 is 23.1. The summed E-state index contributed by atoms with van der Waals surface area (Å²) in [7, 11) is 2.66. The summed E-state index contributed by atoms with van der Waals surface area (Å²) in [5.74, 6) is -1.55. The lowest BCUT2D eigenvalue weighted by molar-refractivity contribution is -0.143. The van der Waals surface area contributed by atoms with Crippen LogP contribution in [-0.4, -0.2) is 32.6 Å².